The SMILES string of the molecule is CN1CC(C)(C)N(c2ccc(F)cc2)CC1CN. The van der Waals surface area contributed by atoms with E-state index in [9.17, 15) is 4.39 Å². The largest absolute Gasteiger partial charge is 0.363 e. The van der Waals surface area contributed by atoms with Crippen LogP contribution in [0.1, 0.15) is 13.8 Å². The molecular formula is C14H22FN3. The molecule has 0 aliphatic carbocycles. The van der Waals surface area contributed by atoms with Crippen LogP contribution in [0.4, 0.5) is 10.1 Å². The molecule has 0 aromatic heterocycles. The van der Waals surface area contributed by atoms with Crippen LogP contribution in [0.2, 0.25) is 0 Å². The number of benzene rings is 1. The minimum atomic E-state index is -0.193. The standard InChI is InChI=1S/C14H22FN3/c1-14(2)10-17(3)13(8-16)9-18(14)12-6-4-11(15)5-7-12/h4-7,13H,8-10,16H2,1-3H3. The third-order valence-electron chi connectivity index (χ3n) is 3.79. The monoisotopic (exact) mass is 251 g/mol. The van der Waals surface area contributed by atoms with Gasteiger partial charge >= 0.3 is 0 Å². The molecule has 1 heterocycles. The molecule has 1 aliphatic heterocycles. The molecule has 100 valence electrons. The van der Waals surface area contributed by atoms with Crippen molar-refractivity contribution in [3.8, 4) is 0 Å². The predicted octanol–water partition coefficient (Wildman–Crippen LogP) is 1.68. The van der Waals surface area contributed by atoms with Gasteiger partial charge < -0.3 is 10.6 Å². The van der Waals surface area contributed by atoms with Gasteiger partial charge in [0.2, 0.25) is 0 Å². The molecular weight excluding hydrogens is 229 g/mol. The average molecular weight is 251 g/mol. The van der Waals surface area contributed by atoms with Crippen LogP contribution >= 0.6 is 0 Å². The molecule has 1 aromatic carbocycles. The maximum Gasteiger partial charge on any atom is 0.123 e. The number of nitrogens with two attached hydrogens (primary N) is 1. The van der Waals surface area contributed by atoms with Crippen molar-refractivity contribution in [3.63, 3.8) is 0 Å². The van der Waals surface area contributed by atoms with E-state index in [4.69, 9.17) is 5.73 Å². The second kappa shape index (κ2) is 4.86. The third-order valence-corrected chi connectivity index (χ3v) is 3.79. The molecule has 1 saturated heterocycles. The Balaban J connectivity index is 2.26. The van der Waals surface area contributed by atoms with Crippen LogP contribution in [0.5, 0.6) is 0 Å². The normalized spacial score (nSPS) is 24.3. The first-order valence-electron chi connectivity index (χ1n) is 6.37. The van der Waals surface area contributed by atoms with Gasteiger partial charge in [0.15, 0.2) is 0 Å². The Morgan fingerprint density at radius 3 is 2.50 bits per heavy atom. The molecule has 1 atom stereocenters. The van der Waals surface area contributed by atoms with Crippen molar-refractivity contribution in [2.24, 2.45) is 5.73 Å². The van der Waals surface area contributed by atoms with Gasteiger partial charge in [-0.15, -0.1) is 0 Å². The van der Waals surface area contributed by atoms with Gasteiger partial charge in [0, 0.05) is 36.9 Å². The molecule has 0 spiro atoms. The van der Waals surface area contributed by atoms with E-state index in [-0.39, 0.29) is 11.4 Å². The molecule has 18 heavy (non-hydrogen) atoms. The summed E-state index contributed by atoms with van der Waals surface area (Å²) in [4.78, 5) is 4.63. The topological polar surface area (TPSA) is 32.5 Å². The second-order valence-electron chi connectivity index (χ2n) is 5.70. The van der Waals surface area contributed by atoms with Crippen molar-refractivity contribution >= 4 is 5.69 Å². The molecule has 0 saturated carbocycles. The molecule has 3 nitrogen and oxygen atoms in total. The number of anilines is 1. The Morgan fingerprint density at radius 1 is 1.33 bits per heavy atom. The number of hydrogen-bond acceptors (Lipinski definition) is 3. The van der Waals surface area contributed by atoms with Crippen molar-refractivity contribution in [3.05, 3.63) is 30.1 Å². The van der Waals surface area contributed by atoms with E-state index in [2.05, 4.69) is 30.7 Å². The molecule has 4 heteroatoms. The van der Waals surface area contributed by atoms with E-state index < -0.39 is 0 Å². The fraction of sp³-hybridized carbons (Fsp3) is 0.571. The highest BCUT2D eigenvalue weighted by molar-refractivity contribution is 5.50. The first-order valence-corrected chi connectivity index (χ1v) is 6.37. The van der Waals surface area contributed by atoms with E-state index in [1.807, 2.05) is 12.1 Å². The van der Waals surface area contributed by atoms with Crippen molar-refractivity contribution in [2.75, 3.05) is 31.6 Å². The van der Waals surface area contributed by atoms with Gasteiger partial charge in [-0.3, -0.25) is 4.90 Å². The Labute approximate surface area is 108 Å². The molecule has 1 fully saturated rings. The molecule has 0 bridgehead atoms. The first-order chi connectivity index (χ1) is 8.44. The summed E-state index contributed by atoms with van der Waals surface area (Å²) < 4.78 is 13.0. The highest BCUT2D eigenvalue weighted by Gasteiger charge is 2.36. The van der Waals surface area contributed by atoms with E-state index in [0.717, 1.165) is 18.8 Å². The number of hydrogen-bond donors (Lipinski definition) is 1. The van der Waals surface area contributed by atoms with Gasteiger partial charge in [-0.25, -0.2) is 4.39 Å². The van der Waals surface area contributed by atoms with Gasteiger partial charge in [-0.05, 0) is 45.2 Å². The lowest BCUT2D eigenvalue weighted by Gasteiger charge is -2.51. The molecule has 0 radical (unpaired) electrons. The predicted molar refractivity (Wildman–Crippen MR) is 73.3 cm³/mol. The lowest BCUT2D eigenvalue weighted by Crippen LogP contribution is -2.64. The van der Waals surface area contributed by atoms with E-state index in [0.29, 0.717) is 12.6 Å². The third kappa shape index (κ3) is 2.49. The van der Waals surface area contributed by atoms with E-state index >= 15 is 0 Å². The highest BCUT2D eigenvalue weighted by atomic mass is 19.1. The number of piperazine rings is 1. The molecule has 2 rings (SSSR count). The Kier molecular flexibility index (Phi) is 3.59. The quantitative estimate of drug-likeness (QED) is 0.868. The van der Waals surface area contributed by atoms with Crippen LogP contribution < -0.4 is 10.6 Å². The summed E-state index contributed by atoms with van der Waals surface area (Å²) in [7, 11) is 2.11. The Hall–Kier alpha value is -1.13. The fourth-order valence-corrected chi connectivity index (χ4v) is 2.75. The summed E-state index contributed by atoms with van der Waals surface area (Å²) >= 11 is 0. The zero-order chi connectivity index (χ0) is 13.3. The summed E-state index contributed by atoms with van der Waals surface area (Å²) in [6.45, 7) is 6.89. The van der Waals surface area contributed by atoms with Crippen molar-refractivity contribution in [2.45, 2.75) is 25.4 Å². The summed E-state index contributed by atoms with van der Waals surface area (Å²) in [5.41, 5.74) is 6.91. The Bertz CT molecular complexity index is 402. The lowest BCUT2D eigenvalue weighted by molar-refractivity contribution is 0.155. The lowest BCUT2D eigenvalue weighted by atomic mass is 9.95. The Morgan fingerprint density at radius 2 is 1.94 bits per heavy atom. The molecule has 1 aliphatic rings. The minimum absolute atomic E-state index is 0.0260. The van der Waals surface area contributed by atoms with Crippen LogP contribution in [-0.2, 0) is 0 Å². The van der Waals surface area contributed by atoms with Crippen molar-refractivity contribution in [1.82, 2.24) is 4.90 Å². The van der Waals surface area contributed by atoms with Gasteiger partial charge in [0.05, 0.1) is 0 Å². The van der Waals surface area contributed by atoms with Crippen LogP contribution in [-0.4, -0.2) is 43.2 Å². The van der Waals surface area contributed by atoms with Gasteiger partial charge in [-0.2, -0.15) is 0 Å². The van der Waals surface area contributed by atoms with Gasteiger partial charge in [0.1, 0.15) is 5.82 Å². The van der Waals surface area contributed by atoms with Crippen LogP contribution in [0, 0.1) is 5.82 Å². The number of nitrogens with zero attached hydrogens (tertiary/aromatic N) is 2. The number of rotatable bonds is 2. The summed E-state index contributed by atoms with van der Waals surface area (Å²) in [6.07, 6.45) is 0. The zero-order valence-corrected chi connectivity index (χ0v) is 11.4. The second-order valence-corrected chi connectivity index (χ2v) is 5.70. The van der Waals surface area contributed by atoms with Crippen LogP contribution in [0.3, 0.4) is 0 Å². The maximum atomic E-state index is 13.0. The van der Waals surface area contributed by atoms with Gasteiger partial charge in [-0.1, -0.05) is 0 Å². The summed E-state index contributed by atoms with van der Waals surface area (Å²) in [5, 5.41) is 0. The molecule has 0 amide bonds. The van der Waals surface area contributed by atoms with Crippen molar-refractivity contribution < 1.29 is 4.39 Å². The smallest absolute Gasteiger partial charge is 0.123 e. The minimum Gasteiger partial charge on any atom is -0.363 e. The average Bonchev–Trinajstić information content (AvgIpc) is 2.30. The van der Waals surface area contributed by atoms with Gasteiger partial charge in [0.25, 0.3) is 0 Å². The van der Waals surface area contributed by atoms with Crippen LogP contribution in [0.15, 0.2) is 24.3 Å². The molecule has 2 N–H and O–H groups in total. The van der Waals surface area contributed by atoms with Crippen LogP contribution in [0.25, 0.3) is 0 Å². The highest BCUT2D eigenvalue weighted by Crippen LogP contribution is 2.29. The zero-order valence-electron chi connectivity index (χ0n) is 11.4. The maximum absolute atomic E-state index is 13.0. The first kappa shape index (κ1) is 13.3. The van der Waals surface area contributed by atoms with E-state index in [1.54, 1.807) is 0 Å². The van der Waals surface area contributed by atoms with Crippen molar-refractivity contribution in [1.29, 1.82) is 0 Å². The molecule has 1 aromatic rings. The number of likely N-dealkylation sites (N-methyl/N-ethyl adjacent to an activating group) is 1. The fourth-order valence-electron chi connectivity index (χ4n) is 2.75. The van der Waals surface area contributed by atoms with E-state index in [1.165, 1.54) is 12.1 Å². The summed E-state index contributed by atoms with van der Waals surface area (Å²) in [6, 6.07) is 7.07. The number of halogens is 1. The summed E-state index contributed by atoms with van der Waals surface area (Å²) in [5.74, 6) is -0.193. The molecule has 1 unspecified atom stereocenters.